The van der Waals surface area contributed by atoms with Crippen molar-refractivity contribution in [1.82, 2.24) is 0 Å². The summed E-state index contributed by atoms with van der Waals surface area (Å²) in [6.07, 6.45) is 4.51. The molecule has 0 heterocycles. The monoisotopic (exact) mass is 170 g/mol. The molecule has 2 atom stereocenters. The molecule has 1 heteroatoms. The number of hydrogen-bond acceptors (Lipinski definition) is 1. The van der Waals surface area contributed by atoms with E-state index in [-0.39, 0.29) is 0 Å². The highest BCUT2D eigenvalue weighted by Crippen LogP contribution is 2.18. The molecule has 0 aliphatic carbocycles. The van der Waals surface area contributed by atoms with Gasteiger partial charge in [-0.25, -0.2) is 0 Å². The van der Waals surface area contributed by atoms with Gasteiger partial charge in [-0.1, -0.05) is 33.6 Å². The third-order valence-electron chi connectivity index (χ3n) is 2.22. The maximum Gasteiger partial charge on any atom is 0.130 e. The van der Waals surface area contributed by atoms with E-state index < -0.39 is 0 Å². The van der Waals surface area contributed by atoms with Gasteiger partial charge in [0.1, 0.15) is 5.78 Å². The van der Waals surface area contributed by atoms with Gasteiger partial charge in [0.05, 0.1) is 0 Å². The maximum absolute atomic E-state index is 10.8. The van der Waals surface area contributed by atoms with E-state index >= 15 is 0 Å². The number of hydrogen-bond donors (Lipinski definition) is 0. The molecule has 0 saturated carbocycles. The Labute approximate surface area is 76.6 Å². The second kappa shape index (κ2) is 6.22. The second-order valence-electron chi connectivity index (χ2n) is 4.14. The van der Waals surface area contributed by atoms with Crippen LogP contribution in [0.15, 0.2) is 0 Å². The smallest absolute Gasteiger partial charge is 0.130 e. The summed E-state index contributed by atoms with van der Waals surface area (Å²) in [5.41, 5.74) is 0. The highest BCUT2D eigenvalue weighted by atomic mass is 16.1. The first-order chi connectivity index (χ1) is 5.56. The summed E-state index contributed by atoms with van der Waals surface area (Å²) >= 11 is 0. The highest BCUT2D eigenvalue weighted by molar-refractivity contribution is 5.75. The first kappa shape index (κ1) is 11.7. The predicted molar refractivity (Wildman–Crippen MR) is 53.2 cm³/mol. The van der Waals surface area contributed by atoms with Crippen LogP contribution in [-0.2, 0) is 4.79 Å². The van der Waals surface area contributed by atoms with Gasteiger partial charge in [0.15, 0.2) is 0 Å². The molecule has 0 spiro atoms. The van der Waals surface area contributed by atoms with Crippen LogP contribution in [0.25, 0.3) is 0 Å². The van der Waals surface area contributed by atoms with Crippen molar-refractivity contribution < 1.29 is 4.79 Å². The van der Waals surface area contributed by atoms with E-state index in [2.05, 4.69) is 20.8 Å². The minimum Gasteiger partial charge on any atom is -0.300 e. The summed E-state index contributed by atoms with van der Waals surface area (Å²) in [5.74, 6) is 1.68. The lowest BCUT2D eigenvalue weighted by molar-refractivity contribution is -0.117. The molecule has 0 fully saturated rings. The van der Waals surface area contributed by atoms with Crippen molar-refractivity contribution in [2.45, 2.75) is 53.4 Å². The molecular weight excluding hydrogens is 148 g/mol. The Bertz CT molecular complexity index is 129. The molecule has 0 N–H and O–H groups in total. The fraction of sp³-hybridized carbons (Fsp3) is 0.909. The third-order valence-corrected chi connectivity index (χ3v) is 2.22. The lowest BCUT2D eigenvalue weighted by Crippen LogP contribution is -2.06. The van der Waals surface area contributed by atoms with E-state index in [1.165, 1.54) is 19.3 Å². The molecule has 0 bridgehead atoms. The van der Waals surface area contributed by atoms with Crippen LogP contribution in [0.4, 0.5) is 0 Å². The van der Waals surface area contributed by atoms with E-state index in [0.717, 1.165) is 12.3 Å². The number of ketones is 1. The Morgan fingerprint density at radius 3 is 2.25 bits per heavy atom. The molecule has 0 aromatic heterocycles. The van der Waals surface area contributed by atoms with Gasteiger partial charge in [0, 0.05) is 6.42 Å². The Balaban J connectivity index is 3.53. The Morgan fingerprint density at radius 2 is 1.83 bits per heavy atom. The standard InChI is InChI=1S/C11H22O/c1-5-6-9(2)7-10(3)8-11(4)12/h9-10H,5-8H2,1-4H3. The van der Waals surface area contributed by atoms with Gasteiger partial charge >= 0.3 is 0 Å². The van der Waals surface area contributed by atoms with Gasteiger partial charge in [0.2, 0.25) is 0 Å². The third kappa shape index (κ3) is 6.38. The number of Topliss-reactive ketones (excluding diaryl/α,β-unsaturated/α-hetero) is 1. The zero-order valence-corrected chi connectivity index (χ0v) is 8.89. The van der Waals surface area contributed by atoms with E-state index in [1.54, 1.807) is 6.92 Å². The van der Waals surface area contributed by atoms with Crippen LogP contribution in [0.1, 0.15) is 53.4 Å². The molecule has 12 heavy (non-hydrogen) atoms. The minimum absolute atomic E-state index is 0.325. The van der Waals surface area contributed by atoms with Crippen LogP contribution in [0.3, 0.4) is 0 Å². The molecule has 0 amide bonds. The average molecular weight is 170 g/mol. The molecule has 0 aliphatic heterocycles. The van der Waals surface area contributed by atoms with Crippen LogP contribution in [-0.4, -0.2) is 5.78 Å². The van der Waals surface area contributed by atoms with Crippen molar-refractivity contribution in [3.8, 4) is 0 Å². The van der Waals surface area contributed by atoms with Crippen LogP contribution < -0.4 is 0 Å². The summed E-state index contributed by atoms with van der Waals surface area (Å²) in [7, 11) is 0. The van der Waals surface area contributed by atoms with E-state index in [9.17, 15) is 4.79 Å². The van der Waals surface area contributed by atoms with E-state index in [0.29, 0.717) is 11.7 Å². The summed E-state index contributed by atoms with van der Waals surface area (Å²) in [5, 5.41) is 0. The van der Waals surface area contributed by atoms with Gasteiger partial charge in [-0.15, -0.1) is 0 Å². The Morgan fingerprint density at radius 1 is 1.25 bits per heavy atom. The average Bonchev–Trinajstić information content (AvgIpc) is 1.84. The van der Waals surface area contributed by atoms with Gasteiger partial charge in [-0.2, -0.15) is 0 Å². The zero-order valence-electron chi connectivity index (χ0n) is 8.89. The lowest BCUT2D eigenvalue weighted by atomic mass is 9.91. The van der Waals surface area contributed by atoms with Crippen LogP contribution in [0.2, 0.25) is 0 Å². The van der Waals surface area contributed by atoms with Gasteiger partial charge < -0.3 is 4.79 Å². The topological polar surface area (TPSA) is 17.1 Å². The molecular formula is C11H22O. The Hall–Kier alpha value is -0.330. The fourth-order valence-corrected chi connectivity index (χ4v) is 1.87. The minimum atomic E-state index is 0.325. The quantitative estimate of drug-likeness (QED) is 0.597. The molecule has 0 radical (unpaired) electrons. The van der Waals surface area contributed by atoms with Crippen LogP contribution >= 0.6 is 0 Å². The van der Waals surface area contributed by atoms with Crippen molar-refractivity contribution >= 4 is 5.78 Å². The number of rotatable bonds is 6. The molecule has 0 saturated heterocycles. The number of carbonyl (C=O) groups excluding carboxylic acids is 1. The van der Waals surface area contributed by atoms with E-state index in [1.807, 2.05) is 0 Å². The van der Waals surface area contributed by atoms with Crippen LogP contribution in [0.5, 0.6) is 0 Å². The molecule has 0 aromatic carbocycles. The fourth-order valence-electron chi connectivity index (χ4n) is 1.87. The molecule has 1 nitrogen and oxygen atoms in total. The highest BCUT2D eigenvalue weighted by Gasteiger charge is 2.09. The van der Waals surface area contributed by atoms with Crippen molar-refractivity contribution in [3.05, 3.63) is 0 Å². The zero-order chi connectivity index (χ0) is 9.56. The number of carbonyl (C=O) groups is 1. The molecule has 0 rings (SSSR count). The van der Waals surface area contributed by atoms with E-state index in [4.69, 9.17) is 0 Å². The van der Waals surface area contributed by atoms with Gasteiger partial charge in [-0.05, 0) is 25.2 Å². The molecule has 2 unspecified atom stereocenters. The molecule has 0 aliphatic rings. The first-order valence-corrected chi connectivity index (χ1v) is 5.05. The van der Waals surface area contributed by atoms with Crippen molar-refractivity contribution in [2.75, 3.05) is 0 Å². The van der Waals surface area contributed by atoms with Crippen molar-refractivity contribution in [3.63, 3.8) is 0 Å². The van der Waals surface area contributed by atoms with Crippen molar-refractivity contribution in [1.29, 1.82) is 0 Å². The Kier molecular flexibility index (Phi) is 6.04. The summed E-state index contributed by atoms with van der Waals surface area (Å²) in [4.78, 5) is 10.8. The second-order valence-corrected chi connectivity index (χ2v) is 4.14. The molecule has 0 aromatic rings. The maximum atomic E-state index is 10.8. The summed E-state index contributed by atoms with van der Waals surface area (Å²) in [6.45, 7) is 8.35. The van der Waals surface area contributed by atoms with Gasteiger partial charge in [0.25, 0.3) is 0 Å². The van der Waals surface area contributed by atoms with Crippen LogP contribution in [0, 0.1) is 11.8 Å². The largest absolute Gasteiger partial charge is 0.300 e. The summed E-state index contributed by atoms with van der Waals surface area (Å²) < 4.78 is 0. The SMILES string of the molecule is CCCC(C)CC(C)CC(C)=O. The summed E-state index contributed by atoms with van der Waals surface area (Å²) in [6, 6.07) is 0. The first-order valence-electron chi connectivity index (χ1n) is 5.05. The lowest BCUT2D eigenvalue weighted by Gasteiger charge is -2.14. The predicted octanol–water partition coefficient (Wildman–Crippen LogP) is 3.43. The normalized spacial score (nSPS) is 15.7. The van der Waals surface area contributed by atoms with Crippen molar-refractivity contribution in [2.24, 2.45) is 11.8 Å². The van der Waals surface area contributed by atoms with Gasteiger partial charge in [-0.3, -0.25) is 0 Å². The molecule has 72 valence electrons.